The summed E-state index contributed by atoms with van der Waals surface area (Å²) in [7, 11) is 1.67. The number of anilines is 1. The van der Waals surface area contributed by atoms with Gasteiger partial charge in [-0.3, -0.25) is 0 Å². The minimum Gasteiger partial charge on any atom is -0.383 e. The van der Waals surface area contributed by atoms with Crippen LogP contribution >= 0.6 is 12.2 Å². The van der Waals surface area contributed by atoms with Gasteiger partial charge in [0.15, 0.2) is 5.11 Å². The number of methoxy groups -OCH3 is 1. The summed E-state index contributed by atoms with van der Waals surface area (Å²) in [5.41, 5.74) is 0.986. The molecule has 0 amide bonds. The maximum Gasteiger partial charge on any atom is 0.171 e. The van der Waals surface area contributed by atoms with Crippen molar-refractivity contribution in [3.63, 3.8) is 0 Å². The molecular weight excluding hydrogens is 208 g/mol. The van der Waals surface area contributed by atoms with E-state index in [-0.39, 0.29) is 6.04 Å². The third kappa shape index (κ3) is 4.76. The second-order valence-electron chi connectivity index (χ2n) is 3.32. The van der Waals surface area contributed by atoms with Crippen molar-refractivity contribution in [3.8, 4) is 0 Å². The molecule has 0 aliphatic heterocycles. The van der Waals surface area contributed by atoms with Crippen LogP contribution in [-0.2, 0) is 4.74 Å². The lowest BCUT2D eigenvalue weighted by molar-refractivity contribution is 0.179. The summed E-state index contributed by atoms with van der Waals surface area (Å²) in [6.07, 6.45) is 0. The Morgan fingerprint density at radius 3 is 2.67 bits per heavy atom. The van der Waals surface area contributed by atoms with E-state index in [4.69, 9.17) is 17.0 Å². The maximum atomic E-state index is 5.15. The number of rotatable bonds is 4. The molecule has 15 heavy (non-hydrogen) atoms. The number of thiocarbonyl (C=S) groups is 1. The van der Waals surface area contributed by atoms with E-state index in [0.717, 1.165) is 5.69 Å². The van der Waals surface area contributed by atoms with Crippen molar-refractivity contribution in [2.24, 2.45) is 0 Å². The fourth-order valence-corrected chi connectivity index (χ4v) is 1.52. The molecule has 0 heterocycles. The fourth-order valence-electron chi connectivity index (χ4n) is 1.20. The average Bonchev–Trinajstić information content (AvgIpc) is 2.19. The molecule has 0 fully saturated rings. The molecule has 0 aliphatic carbocycles. The molecule has 1 aromatic rings. The first-order chi connectivity index (χ1) is 7.22. The van der Waals surface area contributed by atoms with E-state index >= 15 is 0 Å². The van der Waals surface area contributed by atoms with E-state index in [2.05, 4.69) is 10.6 Å². The summed E-state index contributed by atoms with van der Waals surface area (Å²) in [6, 6.07) is 10.0. The molecule has 1 unspecified atom stereocenters. The molecule has 0 saturated carbocycles. The van der Waals surface area contributed by atoms with Gasteiger partial charge in [0.1, 0.15) is 0 Å². The second kappa shape index (κ2) is 6.37. The van der Waals surface area contributed by atoms with Crippen LogP contribution in [0.4, 0.5) is 5.69 Å². The van der Waals surface area contributed by atoms with E-state index in [1.165, 1.54) is 0 Å². The van der Waals surface area contributed by atoms with Crippen molar-refractivity contribution in [1.29, 1.82) is 0 Å². The molecule has 0 bridgehead atoms. The van der Waals surface area contributed by atoms with Gasteiger partial charge in [-0.2, -0.15) is 0 Å². The lowest BCUT2D eigenvalue weighted by Gasteiger charge is -2.15. The molecule has 1 rings (SSSR count). The van der Waals surface area contributed by atoms with Gasteiger partial charge >= 0.3 is 0 Å². The number of ether oxygens (including phenoxy) is 1. The number of benzene rings is 1. The van der Waals surface area contributed by atoms with Gasteiger partial charge in [-0.25, -0.2) is 0 Å². The Kier molecular flexibility index (Phi) is 5.07. The van der Waals surface area contributed by atoms with Crippen molar-refractivity contribution < 1.29 is 4.74 Å². The molecule has 0 saturated heterocycles. The van der Waals surface area contributed by atoms with Crippen LogP contribution in [0.15, 0.2) is 30.3 Å². The molecule has 3 nitrogen and oxygen atoms in total. The Labute approximate surface area is 95.8 Å². The highest BCUT2D eigenvalue weighted by atomic mass is 32.1. The Morgan fingerprint density at radius 1 is 1.40 bits per heavy atom. The van der Waals surface area contributed by atoms with Gasteiger partial charge in [-0.1, -0.05) is 18.2 Å². The first kappa shape index (κ1) is 11.9. The zero-order valence-electron chi connectivity index (χ0n) is 8.99. The molecular formula is C11H16N2OS. The van der Waals surface area contributed by atoms with Crippen molar-refractivity contribution in [3.05, 3.63) is 30.3 Å². The lowest BCUT2D eigenvalue weighted by Crippen LogP contribution is -2.38. The van der Waals surface area contributed by atoms with Crippen molar-refractivity contribution in [2.45, 2.75) is 13.0 Å². The predicted molar refractivity (Wildman–Crippen MR) is 67.1 cm³/mol. The van der Waals surface area contributed by atoms with E-state index in [9.17, 15) is 0 Å². The number of hydrogen-bond acceptors (Lipinski definition) is 2. The Bertz CT molecular complexity index is 303. The average molecular weight is 224 g/mol. The minimum atomic E-state index is 0.207. The van der Waals surface area contributed by atoms with Crippen molar-refractivity contribution >= 4 is 23.0 Å². The molecule has 1 aromatic carbocycles. The standard InChI is InChI=1S/C11H16N2OS/c1-9(8-14-2)12-11(15)13-10-6-4-3-5-7-10/h3-7,9H,8H2,1-2H3,(H2,12,13,15). The number of nitrogens with one attached hydrogen (secondary N) is 2. The topological polar surface area (TPSA) is 33.3 Å². The predicted octanol–water partition coefficient (Wildman–Crippen LogP) is 2.01. The number of hydrogen-bond donors (Lipinski definition) is 2. The first-order valence-corrected chi connectivity index (χ1v) is 5.24. The van der Waals surface area contributed by atoms with Crippen LogP contribution in [0.2, 0.25) is 0 Å². The van der Waals surface area contributed by atoms with E-state index in [0.29, 0.717) is 11.7 Å². The van der Waals surface area contributed by atoms with Crippen LogP contribution < -0.4 is 10.6 Å². The van der Waals surface area contributed by atoms with Crippen LogP contribution in [0.5, 0.6) is 0 Å². The summed E-state index contributed by atoms with van der Waals surface area (Å²) >= 11 is 5.15. The third-order valence-corrected chi connectivity index (χ3v) is 2.05. The third-order valence-electron chi connectivity index (χ3n) is 1.83. The van der Waals surface area contributed by atoms with E-state index in [1.807, 2.05) is 37.3 Å². The summed E-state index contributed by atoms with van der Waals surface area (Å²) in [6.45, 7) is 2.65. The summed E-state index contributed by atoms with van der Waals surface area (Å²) < 4.78 is 5.00. The van der Waals surface area contributed by atoms with Gasteiger partial charge in [-0.15, -0.1) is 0 Å². The molecule has 0 aromatic heterocycles. The van der Waals surface area contributed by atoms with Gasteiger partial charge in [-0.05, 0) is 31.3 Å². The maximum absolute atomic E-state index is 5.15. The fraction of sp³-hybridized carbons (Fsp3) is 0.364. The zero-order valence-corrected chi connectivity index (χ0v) is 9.80. The SMILES string of the molecule is COCC(C)NC(=S)Nc1ccccc1. The largest absolute Gasteiger partial charge is 0.383 e. The van der Waals surface area contributed by atoms with Gasteiger partial charge in [0, 0.05) is 18.8 Å². The normalized spacial score (nSPS) is 11.9. The second-order valence-corrected chi connectivity index (χ2v) is 3.73. The highest BCUT2D eigenvalue weighted by Crippen LogP contribution is 2.04. The number of para-hydroxylation sites is 1. The van der Waals surface area contributed by atoms with Gasteiger partial charge in [0.05, 0.1) is 6.61 Å². The van der Waals surface area contributed by atoms with Crippen LogP contribution in [0.25, 0.3) is 0 Å². The molecule has 0 radical (unpaired) electrons. The smallest absolute Gasteiger partial charge is 0.171 e. The highest BCUT2D eigenvalue weighted by molar-refractivity contribution is 7.80. The monoisotopic (exact) mass is 224 g/mol. The minimum absolute atomic E-state index is 0.207. The van der Waals surface area contributed by atoms with Gasteiger partial charge in [0.25, 0.3) is 0 Å². The van der Waals surface area contributed by atoms with Crippen LogP contribution in [0.3, 0.4) is 0 Å². The van der Waals surface area contributed by atoms with E-state index in [1.54, 1.807) is 7.11 Å². The van der Waals surface area contributed by atoms with Gasteiger partial charge < -0.3 is 15.4 Å². The van der Waals surface area contributed by atoms with Crippen LogP contribution in [0.1, 0.15) is 6.92 Å². The Morgan fingerprint density at radius 2 is 2.07 bits per heavy atom. The zero-order chi connectivity index (χ0) is 11.1. The lowest BCUT2D eigenvalue weighted by atomic mass is 10.3. The molecule has 0 spiro atoms. The quantitative estimate of drug-likeness (QED) is 0.767. The molecule has 0 aliphatic rings. The Hall–Kier alpha value is -1.13. The van der Waals surface area contributed by atoms with Crippen molar-refractivity contribution in [1.82, 2.24) is 5.32 Å². The van der Waals surface area contributed by atoms with Crippen LogP contribution in [0, 0.1) is 0 Å². The summed E-state index contributed by atoms with van der Waals surface area (Å²) in [4.78, 5) is 0. The summed E-state index contributed by atoms with van der Waals surface area (Å²) in [5, 5.41) is 6.84. The first-order valence-electron chi connectivity index (χ1n) is 4.84. The molecule has 82 valence electrons. The Balaban J connectivity index is 2.36. The van der Waals surface area contributed by atoms with E-state index < -0.39 is 0 Å². The molecule has 4 heteroatoms. The highest BCUT2D eigenvalue weighted by Gasteiger charge is 2.02. The van der Waals surface area contributed by atoms with Gasteiger partial charge in [0.2, 0.25) is 0 Å². The molecule has 2 N–H and O–H groups in total. The van der Waals surface area contributed by atoms with Crippen molar-refractivity contribution in [2.75, 3.05) is 19.0 Å². The summed E-state index contributed by atoms with van der Waals surface area (Å²) in [5.74, 6) is 0. The molecule has 1 atom stereocenters. The van der Waals surface area contributed by atoms with Crippen LogP contribution in [-0.4, -0.2) is 24.9 Å².